The number of amides is 1. The number of nitrogens with zero attached hydrogens (tertiary/aromatic N) is 2. The summed E-state index contributed by atoms with van der Waals surface area (Å²) in [5, 5.41) is 4.37. The number of carbonyl (C=O) groups is 1. The van der Waals surface area contributed by atoms with E-state index in [1.165, 1.54) is 24.1 Å². The second-order valence-electron chi connectivity index (χ2n) is 9.46. The number of rotatable bonds is 8. The van der Waals surface area contributed by atoms with Gasteiger partial charge in [0.05, 0.1) is 17.8 Å². The van der Waals surface area contributed by atoms with Crippen LogP contribution in [-0.2, 0) is 0 Å². The summed E-state index contributed by atoms with van der Waals surface area (Å²) >= 11 is 1.39. The molecule has 3 aromatic heterocycles. The van der Waals surface area contributed by atoms with Crippen molar-refractivity contribution < 1.29 is 18.0 Å². The van der Waals surface area contributed by atoms with Gasteiger partial charge in [-0.1, -0.05) is 30.1 Å². The molecule has 0 spiro atoms. The van der Waals surface area contributed by atoms with Crippen molar-refractivity contribution >= 4 is 45.4 Å². The molecule has 0 radical (unpaired) electrons. The van der Waals surface area contributed by atoms with Gasteiger partial charge in [-0.15, -0.1) is 0 Å². The molecule has 0 aliphatic carbocycles. The highest BCUT2D eigenvalue weighted by molar-refractivity contribution is 8.00. The van der Waals surface area contributed by atoms with Gasteiger partial charge in [0.1, 0.15) is 23.8 Å². The maximum absolute atomic E-state index is 13.7. The number of alkyl halides is 1. The third-order valence-electron chi connectivity index (χ3n) is 7.03. The lowest BCUT2D eigenvalue weighted by atomic mass is 9.98. The van der Waals surface area contributed by atoms with Crippen LogP contribution in [0, 0.1) is 5.82 Å². The molecule has 0 bridgehead atoms. The fourth-order valence-corrected chi connectivity index (χ4v) is 5.67. The Morgan fingerprint density at radius 2 is 1.80 bits per heavy atom. The number of pyridine rings is 1. The maximum Gasteiger partial charge on any atom is 0.255 e. The van der Waals surface area contributed by atoms with Crippen LogP contribution in [0.4, 0.5) is 14.5 Å². The number of benzene rings is 3. The minimum atomic E-state index is -0.547. The number of para-hydroxylation sites is 1. The first-order chi connectivity index (χ1) is 20.0. The van der Waals surface area contributed by atoms with Crippen molar-refractivity contribution in [3.05, 3.63) is 96.6 Å². The van der Waals surface area contributed by atoms with Crippen LogP contribution in [0.25, 0.3) is 55.6 Å². The molecule has 1 amide bonds. The normalized spacial score (nSPS) is 11.3. The van der Waals surface area contributed by atoms with Gasteiger partial charge in [0.25, 0.3) is 5.91 Å². The lowest BCUT2D eigenvalue weighted by Crippen LogP contribution is -2.19. The molecule has 9 heteroatoms. The summed E-state index contributed by atoms with van der Waals surface area (Å²) in [6.45, 7) is -0.392. The van der Waals surface area contributed by atoms with Crippen molar-refractivity contribution in [2.75, 3.05) is 30.8 Å². The van der Waals surface area contributed by atoms with Crippen LogP contribution in [0.1, 0.15) is 10.4 Å². The van der Waals surface area contributed by atoms with Gasteiger partial charge < -0.3 is 19.0 Å². The van der Waals surface area contributed by atoms with Crippen molar-refractivity contribution in [2.45, 2.75) is 0 Å². The number of aromatic amines is 1. The zero-order valence-electron chi connectivity index (χ0n) is 22.4. The van der Waals surface area contributed by atoms with Crippen molar-refractivity contribution in [3.8, 4) is 33.7 Å². The Labute approximate surface area is 239 Å². The molecule has 206 valence electrons. The van der Waals surface area contributed by atoms with Crippen LogP contribution in [0.15, 0.2) is 89.6 Å². The maximum atomic E-state index is 13.7. The van der Waals surface area contributed by atoms with Gasteiger partial charge in [0.15, 0.2) is 0 Å². The van der Waals surface area contributed by atoms with E-state index in [1.807, 2.05) is 53.0 Å². The molecule has 2 N–H and O–H groups in total. The van der Waals surface area contributed by atoms with E-state index in [0.29, 0.717) is 27.9 Å². The molecule has 0 aliphatic heterocycles. The fraction of sp³-hybridized carbons (Fsp3) is 0.125. The first kappa shape index (κ1) is 26.6. The van der Waals surface area contributed by atoms with E-state index in [1.54, 1.807) is 31.6 Å². The Kier molecular flexibility index (Phi) is 7.19. The van der Waals surface area contributed by atoms with Gasteiger partial charge in [-0.3, -0.25) is 9.78 Å². The minimum absolute atomic E-state index is 0.155. The highest BCUT2D eigenvalue weighted by Crippen LogP contribution is 2.42. The van der Waals surface area contributed by atoms with Gasteiger partial charge in [-0.05, 0) is 48.5 Å². The molecule has 6 aromatic rings. The highest BCUT2D eigenvalue weighted by atomic mass is 32.2. The average Bonchev–Trinajstić information content (AvgIpc) is 3.61. The van der Waals surface area contributed by atoms with E-state index in [-0.39, 0.29) is 18.3 Å². The van der Waals surface area contributed by atoms with E-state index < -0.39 is 6.67 Å². The smallest absolute Gasteiger partial charge is 0.255 e. The number of anilines is 1. The van der Waals surface area contributed by atoms with Gasteiger partial charge >= 0.3 is 0 Å². The highest BCUT2D eigenvalue weighted by Gasteiger charge is 2.25. The van der Waals surface area contributed by atoms with E-state index >= 15 is 0 Å². The van der Waals surface area contributed by atoms with Gasteiger partial charge in [0, 0.05) is 76.0 Å². The second kappa shape index (κ2) is 11.1. The quantitative estimate of drug-likeness (QED) is 0.183. The van der Waals surface area contributed by atoms with E-state index in [0.717, 1.165) is 39.0 Å². The van der Waals surface area contributed by atoms with Crippen LogP contribution < -0.4 is 9.62 Å². The molecule has 0 saturated carbocycles. The second-order valence-corrected chi connectivity index (χ2v) is 10.3. The van der Waals surface area contributed by atoms with Crippen LogP contribution >= 0.6 is 11.9 Å². The lowest BCUT2D eigenvalue weighted by molar-refractivity contribution is 0.0964. The standard InChI is InChI=1S/C32H26F2N4O2S/c1-35-32(39)30-25-15-24(21-13-22(18-36-17-21)27-14-20-5-3-4-6-26(20)37-27)28(38(41-2)12-11-33)16-29(25)40-31(30)19-7-9-23(34)10-8-19/h3-10,13-18,37H,11-12H2,1-2H3,(H,35,39). The molecule has 0 atom stereocenters. The molecule has 3 heterocycles. The molecule has 41 heavy (non-hydrogen) atoms. The molecular formula is C32H26F2N4O2S. The van der Waals surface area contributed by atoms with Crippen molar-refractivity contribution in [2.24, 2.45) is 0 Å². The number of furan rings is 1. The number of aromatic nitrogens is 2. The van der Waals surface area contributed by atoms with Crippen molar-refractivity contribution in [3.63, 3.8) is 0 Å². The predicted molar refractivity (Wildman–Crippen MR) is 162 cm³/mol. The number of halogens is 2. The Balaban J connectivity index is 1.58. The molecule has 3 aromatic carbocycles. The molecule has 6 nitrogen and oxygen atoms in total. The van der Waals surface area contributed by atoms with Crippen LogP contribution in [-0.4, -0.2) is 42.4 Å². The van der Waals surface area contributed by atoms with E-state index in [4.69, 9.17) is 4.42 Å². The first-order valence-corrected chi connectivity index (χ1v) is 14.2. The van der Waals surface area contributed by atoms with Gasteiger partial charge in [0.2, 0.25) is 0 Å². The summed E-state index contributed by atoms with van der Waals surface area (Å²) in [6.07, 6.45) is 5.43. The largest absolute Gasteiger partial charge is 0.455 e. The summed E-state index contributed by atoms with van der Waals surface area (Å²) < 4.78 is 35.4. The summed E-state index contributed by atoms with van der Waals surface area (Å²) in [4.78, 5) is 21.2. The predicted octanol–water partition coefficient (Wildman–Crippen LogP) is 7.86. The third-order valence-corrected chi connectivity index (χ3v) is 7.85. The Hall–Kier alpha value is -4.63. The SMILES string of the molecule is CNC(=O)c1c(-c2ccc(F)cc2)oc2cc(N(CCF)SC)c(-c3cncc(-c4cc5ccccc5[nH]4)c3)cc12. The number of H-pyrrole nitrogens is 1. The molecule has 0 saturated heterocycles. The van der Waals surface area contributed by atoms with Crippen molar-refractivity contribution in [1.29, 1.82) is 0 Å². The Morgan fingerprint density at radius 1 is 1.02 bits per heavy atom. The molecule has 0 aliphatic rings. The van der Waals surface area contributed by atoms with Crippen LogP contribution in [0.3, 0.4) is 0 Å². The minimum Gasteiger partial charge on any atom is -0.455 e. The number of carbonyl (C=O) groups excluding carboxylic acids is 1. The molecule has 0 unspecified atom stereocenters. The topological polar surface area (TPSA) is 74.2 Å². The van der Waals surface area contributed by atoms with Crippen LogP contribution in [0.5, 0.6) is 0 Å². The number of nitrogens with one attached hydrogen (secondary N) is 2. The number of fused-ring (bicyclic) bond motifs is 2. The van der Waals surface area contributed by atoms with E-state index in [2.05, 4.69) is 21.4 Å². The zero-order chi connectivity index (χ0) is 28.5. The summed E-state index contributed by atoms with van der Waals surface area (Å²) in [7, 11) is 1.55. The average molecular weight is 569 g/mol. The number of hydrogen-bond acceptors (Lipinski definition) is 5. The molecule has 0 fully saturated rings. The Morgan fingerprint density at radius 3 is 2.54 bits per heavy atom. The zero-order valence-corrected chi connectivity index (χ0v) is 23.2. The monoisotopic (exact) mass is 568 g/mol. The third kappa shape index (κ3) is 4.93. The summed E-state index contributed by atoms with van der Waals surface area (Å²) in [5.41, 5.74) is 6.47. The summed E-state index contributed by atoms with van der Waals surface area (Å²) in [6, 6.07) is 21.7. The van der Waals surface area contributed by atoms with E-state index in [9.17, 15) is 13.6 Å². The van der Waals surface area contributed by atoms with Crippen LogP contribution in [0.2, 0.25) is 0 Å². The van der Waals surface area contributed by atoms with Gasteiger partial charge in [-0.25, -0.2) is 8.78 Å². The summed E-state index contributed by atoms with van der Waals surface area (Å²) in [5.74, 6) is -0.397. The Bertz CT molecular complexity index is 1850. The number of hydrogen-bond donors (Lipinski definition) is 2. The van der Waals surface area contributed by atoms with Gasteiger partial charge in [-0.2, -0.15) is 0 Å². The molecule has 6 rings (SSSR count). The first-order valence-electron chi connectivity index (χ1n) is 13.0. The van der Waals surface area contributed by atoms with Crippen molar-refractivity contribution in [1.82, 2.24) is 15.3 Å². The molecular weight excluding hydrogens is 542 g/mol. The fourth-order valence-electron chi connectivity index (χ4n) is 5.07. The lowest BCUT2D eigenvalue weighted by Gasteiger charge is -2.23.